The molecule has 2 nitrogen and oxygen atoms in total. The third-order valence-electron chi connectivity index (χ3n) is 14.6. The summed E-state index contributed by atoms with van der Waals surface area (Å²) in [5.74, 6) is -6.67. The standard InChI is InChI=1S/C66H38F4N2/c67-63-61-51-37-57(71(53-33-13-21-39-17-1-5-25-43(39)53)54-34-14-22-40-18-2-6-26-44(40)54)47-29-9-11-31-49(47)59(51)60-50-32-12-10-30-48(50)58(38-52(60)62(61)64(68)66(70)65(63)69)72(55-35-15-23-41-19-3-7-27-45(41)55)56-36-16-24-42-20-4-8-28-46(42)56/h1-38H. The highest BCUT2D eigenvalue weighted by Crippen LogP contribution is 2.53. The van der Waals surface area contributed by atoms with Crippen LogP contribution in [0.3, 0.4) is 0 Å². The van der Waals surface area contributed by atoms with Gasteiger partial charge in [-0.3, -0.25) is 0 Å². The van der Waals surface area contributed by atoms with Crippen LogP contribution in [0.1, 0.15) is 0 Å². The summed E-state index contributed by atoms with van der Waals surface area (Å²) in [4.78, 5) is 4.34. The second-order valence-corrected chi connectivity index (χ2v) is 18.4. The van der Waals surface area contributed by atoms with Crippen molar-refractivity contribution in [1.29, 1.82) is 0 Å². The minimum Gasteiger partial charge on any atom is -0.309 e. The quantitative estimate of drug-likeness (QED) is 0.0709. The predicted molar refractivity (Wildman–Crippen MR) is 293 cm³/mol. The number of rotatable bonds is 6. The molecule has 0 atom stereocenters. The van der Waals surface area contributed by atoms with E-state index in [1.54, 1.807) is 0 Å². The molecule has 0 aliphatic carbocycles. The summed E-state index contributed by atoms with van der Waals surface area (Å²) >= 11 is 0. The molecule has 0 aliphatic rings. The molecule has 0 saturated carbocycles. The van der Waals surface area contributed by atoms with Gasteiger partial charge in [0.1, 0.15) is 0 Å². The van der Waals surface area contributed by atoms with Crippen molar-refractivity contribution in [3.8, 4) is 0 Å². The Labute approximate surface area is 410 Å². The molecule has 14 aromatic carbocycles. The molecule has 0 N–H and O–H groups in total. The topological polar surface area (TPSA) is 6.48 Å². The van der Waals surface area contributed by atoms with E-state index in [9.17, 15) is 0 Å². The maximum Gasteiger partial charge on any atom is 0.198 e. The maximum absolute atomic E-state index is 17.5. The van der Waals surface area contributed by atoms with E-state index in [1.165, 1.54) is 0 Å². The van der Waals surface area contributed by atoms with Crippen LogP contribution in [-0.4, -0.2) is 0 Å². The predicted octanol–water partition coefficient (Wildman–Crippen LogP) is 19.6. The molecule has 0 amide bonds. The zero-order valence-electron chi connectivity index (χ0n) is 38.3. The van der Waals surface area contributed by atoms with E-state index in [2.05, 4.69) is 107 Å². The Kier molecular flexibility index (Phi) is 9.35. The van der Waals surface area contributed by atoms with E-state index in [4.69, 9.17) is 0 Å². The van der Waals surface area contributed by atoms with E-state index >= 15 is 17.6 Å². The Bertz CT molecular complexity index is 4130. The van der Waals surface area contributed by atoms with E-state index in [-0.39, 0.29) is 21.5 Å². The van der Waals surface area contributed by atoms with Gasteiger partial charge in [0.15, 0.2) is 23.3 Å². The smallest absolute Gasteiger partial charge is 0.198 e. The molecular formula is C66H38F4N2. The second-order valence-electron chi connectivity index (χ2n) is 18.4. The number of anilines is 6. The number of fused-ring (bicyclic) bond motifs is 14. The Morgan fingerprint density at radius 1 is 0.194 bits per heavy atom. The molecule has 0 fully saturated rings. The van der Waals surface area contributed by atoms with Crippen LogP contribution in [0.25, 0.3) is 97.0 Å². The van der Waals surface area contributed by atoms with Gasteiger partial charge in [-0.25, -0.2) is 17.6 Å². The van der Waals surface area contributed by atoms with Gasteiger partial charge in [0, 0.05) is 43.1 Å². The molecule has 6 heteroatoms. The Morgan fingerprint density at radius 2 is 0.444 bits per heavy atom. The molecule has 14 aromatic rings. The molecular weight excluding hydrogens is 897 g/mol. The number of hydrogen-bond acceptors (Lipinski definition) is 2. The summed E-state index contributed by atoms with van der Waals surface area (Å²) in [6.07, 6.45) is 0. The number of hydrogen-bond donors (Lipinski definition) is 0. The van der Waals surface area contributed by atoms with Gasteiger partial charge in [-0.1, -0.05) is 194 Å². The molecule has 0 aliphatic heterocycles. The first-order valence-corrected chi connectivity index (χ1v) is 23.9. The van der Waals surface area contributed by atoms with Crippen LogP contribution in [0.2, 0.25) is 0 Å². The van der Waals surface area contributed by atoms with Crippen LogP contribution in [0.15, 0.2) is 231 Å². The van der Waals surface area contributed by atoms with Crippen LogP contribution in [0.5, 0.6) is 0 Å². The first kappa shape index (κ1) is 41.7. The third kappa shape index (κ3) is 6.09. The van der Waals surface area contributed by atoms with Crippen LogP contribution < -0.4 is 9.80 Å². The highest BCUT2D eigenvalue weighted by Gasteiger charge is 2.30. The van der Waals surface area contributed by atoms with Gasteiger partial charge < -0.3 is 9.80 Å². The molecule has 72 heavy (non-hydrogen) atoms. The fraction of sp³-hybridized carbons (Fsp3) is 0. The molecule has 0 bridgehead atoms. The van der Waals surface area contributed by atoms with E-state index < -0.39 is 23.3 Å². The van der Waals surface area contributed by atoms with Crippen molar-refractivity contribution in [1.82, 2.24) is 0 Å². The largest absolute Gasteiger partial charge is 0.309 e. The van der Waals surface area contributed by atoms with E-state index in [1.807, 2.05) is 133 Å². The number of nitrogens with zero attached hydrogens (tertiary/aromatic N) is 2. The SMILES string of the molecule is Fc1c(F)c(F)c2c3cc(N(c4cccc5ccccc45)c4cccc5ccccc45)c4ccccc4c3c3c4ccccc4c(N(c4cccc5ccccc45)c4cccc5ccccc45)cc3c2c1F. The van der Waals surface area contributed by atoms with Crippen molar-refractivity contribution in [2.45, 2.75) is 0 Å². The van der Waals surface area contributed by atoms with Crippen molar-refractivity contribution < 1.29 is 17.6 Å². The summed E-state index contributed by atoms with van der Waals surface area (Å²) in [6.45, 7) is 0. The summed E-state index contributed by atoms with van der Waals surface area (Å²) < 4.78 is 67.7. The minimum absolute atomic E-state index is 0.241. The lowest BCUT2D eigenvalue weighted by Crippen LogP contribution is -2.12. The maximum atomic E-state index is 17.5. The van der Waals surface area contributed by atoms with Crippen molar-refractivity contribution in [2.24, 2.45) is 0 Å². The van der Waals surface area contributed by atoms with Gasteiger partial charge in [0.2, 0.25) is 0 Å². The van der Waals surface area contributed by atoms with Crippen LogP contribution in [-0.2, 0) is 0 Å². The highest BCUT2D eigenvalue weighted by atomic mass is 19.2. The van der Waals surface area contributed by atoms with Gasteiger partial charge in [0.25, 0.3) is 0 Å². The fourth-order valence-electron chi connectivity index (χ4n) is 11.5. The molecule has 0 aromatic heterocycles. The summed E-state index contributed by atoms with van der Waals surface area (Å²) in [7, 11) is 0. The van der Waals surface area contributed by atoms with Crippen LogP contribution in [0.4, 0.5) is 51.7 Å². The van der Waals surface area contributed by atoms with Crippen molar-refractivity contribution >= 4 is 131 Å². The van der Waals surface area contributed by atoms with E-state index in [0.29, 0.717) is 22.1 Å². The number of benzene rings is 14. The van der Waals surface area contributed by atoms with Gasteiger partial charge in [0.05, 0.1) is 34.1 Å². The third-order valence-corrected chi connectivity index (χ3v) is 14.6. The molecule has 340 valence electrons. The summed E-state index contributed by atoms with van der Waals surface area (Å²) in [5, 5.41) is 11.9. The van der Waals surface area contributed by atoms with Crippen molar-refractivity contribution in [3.63, 3.8) is 0 Å². The molecule has 0 spiro atoms. The van der Waals surface area contributed by atoms with Crippen LogP contribution >= 0.6 is 0 Å². The second kappa shape index (κ2) is 16.2. The summed E-state index contributed by atoms with van der Waals surface area (Å²) in [5.41, 5.74) is 4.69. The van der Waals surface area contributed by atoms with Gasteiger partial charge >= 0.3 is 0 Å². The lowest BCUT2D eigenvalue weighted by atomic mass is 9.86. The van der Waals surface area contributed by atoms with E-state index in [0.717, 1.165) is 87.4 Å². The van der Waals surface area contributed by atoms with Gasteiger partial charge in [-0.05, 0) is 90.3 Å². The molecule has 0 heterocycles. The molecule has 0 unspecified atom stereocenters. The first-order chi connectivity index (χ1) is 35.4. The first-order valence-electron chi connectivity index (χ1n) is 23.9. The van der Waals surface area contributed by atoms with Gasteiger partial charge in [-0.2, -0.15) is 0 Å². The zero-order chi connectivity index (χ0) is 48.2. The fourth-order valence-corrected chi connectivity index (χ4v) is 11.5. The monoisotopic (exact) mass is 934 g/mol. The Balaban J connectivity index is 1.19. The Hall–Kier alpha value is -9.26. The summed E-state index contributed by atoms with van der Waals surface area (Å²) in [6, 6.07) is 76.7. The number of halogens is 4. The average molecular weight is 935 g/mol. The van der Waals surface area contributed by atoms with Crippen LogP contribution in [0, 0.1) is 23.3 Å². The highest BCUT2D eigenvalue weighted by molar-refractivity contribution is 6.39. The Morgan fingerprint density at radius 3 is 0.750 bits per heavy atom. The van der Waals surface area contributed by atoms with Gasteiger partial charge in [-0.15, -0.1) is 0 Å². The van der Waals surface area contributed by atoms with Crippen molar-refractivity contribution in [3.05, 3.63) is 254 Å². The zero-order valence-corrected chi connectivity index (χ0v) is 38.3. The molecule has 0 radical (unpaired) electrons. The molecule has 14 rings (SSSR count). The lowest BCUT2D eigenvalue weighted by Gasteiger charge is -2.31. The minimum atomic E-state index is -1.87. The lowest BCUT2D eigenvalue weighted by molar-refractivity contribution is 0.418. The van der Waals surface area contributed by atoms with Crippen molar-refractivity contribution in [2.75, 3.05) is 9.80 Å². The average Bonchev–Trinajstić information content (AvgIpc) is 3.44. The normalized spacial score (nSPS) is 11.9. The molecule has 0 saturated heterocycles.